The maximum Gasteiger partial charge on any atom is 0.410 e. The third kappa shape index (κ3) is 4.09. The summed E-state index contributed by atoms with van der Waals surface area (Å²) in [5, 5.41) is 19.4. The van der Waals surface area contributed by atoms with Crippen molar-refractivity contribution in [2.24, 2.45) is 5.92 Å². The van der Waals surface area contributed by atoms with Crippen LogP contribution < -0.4 is 0 Å². The lowest BCUT2D eigenvalue weighted by molar-refractivity contribution is -0.155. The number of aliphatic hydroxyl groups is 1. The van der Waals surface area contributed by atoms with E-state index in [0.717, 1.165) is 0 Å². The average Bonchev–Trinajstić information content (AvgIpc) is 2.25. The Hall–Kier alpha value is -1.30. The quantitative estimate of drug-likeness (QED) is 0.795. The molecule has 0 aliphatic carbocycles. The topological polar surface area (TPSA) is 87.1 Å². The fourth-order valence-corrected chi connectivity index (χ4v) is 2.13. The Labute approximate surface area is 113 Å². The predicted octanol–water partition coefficient (Wildman–Crippen LogP) is 1.47. The average molecular weight is 273 g/mol. The van der Waals surface area contributed by atoms with Crippen LogP contribution in [0, 0.1) is 5.92 Å². The number of likely N-dealkylation sites (tertiary alicyclic amines) is 1. The van der Waals surface area contributed by atoms with E-state index in [9.17, 15) is 14.7 Å². The molecule has 2 atom stereocenters. The molecule has 110 valence electrons. The third-order valence-corrected chi connectivity index (χ3v) is 3.33. The van der Waals surface area contributed by atoms with Crippen molar-refractivity contribution in [1.29, 1.82) is 0 Å². The van der Waals surface area contributed by atoms with Crippen molar-refractivity contribution in [2.45, 2.75) is 51.7 Å². The number of carbonyl (C=O) groups excluding carboxylic acids is 1. The van der Waals surface area contributed by atoms with Gasteiger partial charge in [-0.2, -0.15) is 0 Å². The maximum absolute atomic E-state index is 11.9. The third-order valence-electron chi connectivity index (χ3n) is 3.33. The minimum Gasteiger partial charge on any atom is -0.481 e. The highest BCUT2D eigenvalue weighted by Gasteiger charge is 2.43. The summed E-state index contributed by atoms with van der Waals surface area (Å²) >= 11 is 0. The van der Waals surface area contributed by atoms with Crippen molar-refractivity contribution in [2.75, 3.05) is 13.1 Å². The zero-order chi connectivity index (χ0) is 14.8. The Morgan fingerprint density at radius 1 is 1.37 bits per heavy atom. The minimum absolute atomic E-state index is 0.00458. The van der Waals surface area contributed by atoms with Gasteiger partial charge in [0.1, 0.15) is 5.60 Å². The summed E-state index contributed by atoms with van der Waals surface area (Å²) in [5.41, 5.74) is -1.99. The Bertz CT molecular complexity index is 363. The van der Waals surface area contributed by atoms with Crippen molar-refractivity contribution < 1.29 is 24.5 Å². The van der Waals surface area contributed by atoms with Gasteiger partial charge in [0.2, 0.25) is 0 Å². The second kappa shape index (κ2) is 5.36. The summed E-state index contributed by atoms with van der Waals surface area (Å²) in [5.74, 6) is -1.98. The minimum atomic E-state index is -1.39. The van der Waals surface area contributed by atoms with E-state index in [-0.39, 0.29) is 6.54 Å². The van der Waals surface area contributed by atoms with Gasteiger partial charge >= 0.3 is 12.1 Å². The SMILES string of the molecule is CC(C(=O)O)C1(O)CCCN(C(=O)OC(C)(C)C)C1. The number of nitrogens with zero attached hydrogens (tertiary/aromatic N) is 1. The monoisotopic (exact) mass is 273 g/mol. The Morgan fingerprint density at radius 3 is 2.42 bits per heavy atom. The molecule has 0 saturated carbocycles. The highest BCUT2D eigenvalue weighted by molar-refractivity contribution is 5.72. The predicted molar refractivity (Wildman–Crippen MR) is 68.8 cm³/mol. The molecule has 0 bridgehead atoms. The van der Waals surface area contributed by atoms with Crippen LogP contribution in [0.1, 0.15) is 40.5 Å². The molecular weight excluding hydrogens is 250 g/mol. The van der Waals surface area contributed by atoms with Crippen LogP contribution in [-0.4, -0.2) is 51.5 Å². The number of amides is 1. The van der Waals surface area contributed by atoms with Gasteiger partial charge in [0.25, 0.3) is 0 Å². The van der Waals surface area contributed by atoms with E-state index in [1.54, 1.807) is 20.8 Å². The summed E-state index contributed by atoms with van der Waals surface area (Å²) in [6.07, 6.45) is 0.427. The van der Waals surface area contributed by atoms with Crippen LogP contribution in [0.4, 0.5) is 4.79 Å². The molecule has 6 nitrogen and oxygen atoms in total. The van der Waals surface area contributed by atoms with Crippen molar-refractivity contribution >= 4 is 12.1 Å². The van der Waals surface area contributed by atoms with E-state index in [1.807, 2.05) is 0 Å². The molecule has 19 heavy (non-hydrogen) atoms. The molecule has 0 radical (unpaired) electrons. The first kappa shape index (κ1) is 15.8. The van der Waals surface area contributed by atoms with Crippen molar-refractivity contribution in [3.05, 3.63) is 0 Å². The zero-order valence-electron chi connectivity index (χ0n) is 12.0. The summed E-state index contributed by atoms with van der Waals surface area (Å²) in [7, 11) is 0. The lowest BCUT2D eigenvalue weighted by atomic mass is 9.82. The molecule has 0 aromatic heterocycles. The van der Waals surface area contributed by atoms with Crippen LogP contribution in [0.25, 0.3) is 0 Å². The van der Waals surface area contributed by atoms with Crippen molar-refractivity contribution in [3.8, 4) is 0 Å². The van der Waals surface area contributed by atoms with Crippen molar-refractivity contribution in [3.63, 3.8) is 0 Å². The fourth-order valence-electron chi connectivity index (χ4n) is 2.13. The van der Waals surface area contributed by atoms with Gasteiger partial charge in [-0.1, -0.05) is 0 Å². The Morgan fingerprint density at radius 2 is 1.95 bits per heavy atom. The second-order valence-electron chi connectivity index (χ2n) is 6.17. The zero-order valence-corrected chi connectivity index (χ0v) is 12.0. The van der Waals surface area contributed by atoms with E-state index in [4.69, 9.17) is 9.84 Å². The first-order chi connectivity index (χ1) is 8.55. The van der Waals surface area contributed by atoms with Gasteiger partial charge < -0.3 is 19.8 Å². The fraction of sp³-hybridized carbons (Fsp3) is 0.846. The molecule has 1 amide bonds. The van der Waals surface area contributed by atoms with Crippen molar-refractivity contribution in [1.82, 2.24) is 4.90 Å². The number of carboxylic acids is 1. The van der Waals surface area contributed by atoms with Crippen LogP contribution >= 0.6 is 0 Å². The highest BCUT2D eigenvalue weighted by atomic mass is 16.6. The largest absolute Gasteiger partial charge is 0.481 e. The van der Waals surface area contributed by atoms with E-state index >= 15 is 0 Å². The van der Waals surface area contributed by atoms with E-state index in [0.29, 0.717) is 19.4 Å². The molecule has 0 spiro atoms. The summed E-state index contributed by atoms with van der Waals surface area (Å²) in [4.78, 5) is 24.3. The molecule has 1 aliphatic heterocycles. The van der Waals surface area contributed by atoms with Gasteiger partial charge in [-0.05, 0) is 40.5 Å². The van der Waals surface area contributed by atoms with E-state index in [2.05, 4.69) is 0 Å². The lowest BCUT2D eigenvalue weighted by Gasteiger charge is -2.41. The molecule has 1 rings (SSSR count). The Balaban J connectivity index is 2.74. The van der Waals surface area contributed by atoms with Crippen LogP contribution in [0.3, 0.4) is 0 Å². The van der Waals surface area contributed by atoms with E-state index < -0.39 is 29.2 Å². The molecule has 1 saturated heterocycles. The van der Waals surface area contributed by atoms with Crippen LogP contribution in [0.15, 0.2) is 0 Å². The van der Waals surface area contributed by atoms with Gasteiger partial charge in [0.05, 0.1) is 18.1 Å². The molecule has 0 aromatic carbocycles. The second-order valence-corrected chi connectivity index (χ2v) is 6.17. The number of β-amino-alcohol motifs (C(OH)–C–C–N with tert-alkyl or cyclic N) is 1. The smallest absolute Gasteiger partial charge is 0.410 e. The van der Waals surface area contributed by atoms with Gasteiger partial charge in [-0.25, -0.2) is 4.79 Å². The maximum atomic E-state index is 11.9. The lowest BCUT2D eigenvalue weighted by Crippen LogP contribution is -2.55. The number of ether oxygens (including phenoxy) is 1. The first-order valence-corrected chi connectivity index (χ1v) is 6.48. The van der Waals surface area contributed by atoms with Gasteiger partial charge in [0.15, 0.2) is 0 Å². The molecule has 1 fully saturated rings. The standard InChI is InChI=1S/C13H23NO5/c1-9(10(15)16)13(18)6-5-7-14(8-13)11(17)19-12(2,3)4/h9,18H,5-8H2,1-4H3,(H,15,16). The van der Waals surface area contributed by atoms with Crippen LogP contribution in [-0.2, 0) is 9.53 Å². The first-order valence-electron chi connectivity index (χ1n) is 6.48. The van der Waals surface area contributed by atoms with Gasteiger partial charge in [-0.15, -0.1) is 0 Å². The molecule has 2 N–H and O–H groups in total. The Kier molecular flexibility index (Phi) is 4.45. The van der Waals surface area contributed by atoms with Crippen LogP contribution in [0.2, 0.25) is 0 Å². The molecule has 2 unspecified atom stereocenters. The number of aliphatic carboxylic acids is 1. The summed E-state index contributed by atoms with van der Waals surface area (Å²) < 4.78 is 5.24. The molecular formula is C13H23NO5. The number of carboxylic acid groups (broad SMARTS) is 1. The summed E-state index contributed by atoms with van der Waals surface area (Å²) in [6, 6.07) is 0. The highest BCUT2D eigenvalue weighted by Crippen LogP contribution is 2.29. The van der Waals surface area contributed by atoms with Gasteiger partial charge in [0, 0.05) is 6.54 Å². The number of hydrogen-bond donors (Lipinski definition) is 2. The summed E-state index contributed by atoms with van der Waals surface area (Å²) in [6.45, 7) is 7.22. The normalized spacial score (nSPS) is 25.8. The number of hydrogen-bond acceptors (Lipinski definition) is 4. The number of carbonyl (C=O) groups is 2. The van der Waals surface area contributed by atoms with Gasteiger partial charge in [-0.3, -0.25) is 4.79 Å². The van der Waals surface area contributed by atoms with E-state index in [1.165, 1.54) is 11.8 Å². The van der Waals surface area contributed by atoms with Crippen LogP contribution in [0.5, 0.6) is 0 Å². The molecule has 1 heterocycles. The number of rotatable bonds is 2. The molecule has 0 aromatic rings. The molecule has 6 heteroatoms. The number of piperidine rings is 1. The molecule has 1 aliphatic rings.